The van der Waals surface area contributed by atoms with Gasteiger partial charge in [0, 0.05) is 36.7 Å². The van der Waals surface area contributed by atoms with E-state index >= 15 is 0 Å². The fourth-order valence-electron chi connectivity index (χ4n) is 3.55. The lowest BCUT2D eigenvalue weighted by atomic mass is 10.1. The SMILES string of the molecule is CCN(CC)CCCC(C)NC(=NC)NCCc1c[nH]c2c(C)cccc12. The van der Waals surface area contributed by atoms with Crippen LogP contribution in [0.2, 0.25) is 0 Å². The third-order valence-corrected chi connectivity index (χ3v) is 5.31. The van der Waals surface area contributed by atoms with Gasteiger partial charge < -0.3 is 20.5 Å². The summed E-state index contributed by atoms with van der Waals surface area (Å²) in [7, 11) is 1.84. The standard InChI is InChI=1S/C22H37N5/c1-6-27(7-2)15-9-11-18(4)26-22(23-5)24-14-13-19-16-25-21-17(3)10-8-12-20(19)21/h8,10,12,16,18,25H,6-7,9,11,13-15H2,1-5H3,(H2,23,24,26). The zero-order chi connectivity index (χ0) is 19.6. The molecule has 0 saturated carbocycles. The van der Waals surface area contributed by atoms with Gasteiger partial charge in [-0.1, -0.05) is 32.0 Å². The van der Waals surface area contributed by atoms with Crippen LogP contribution in [0.4, 0.5) is 0 Å². The molecule has 27 heavy (non-hydrogen) atoms. The maximum Gasteiger partial charge on any atom is 0.191 e. The molecule has 0 radical (unpaired) electrons. The van der Waals surface area contributed by atoms with Crippen molar-refractivity contribution in [1.29, 1.82) is 0 Å². The number of aromatic amines is 1. The number of para-hydroxylation sites is 1. The minimum absolute atomic E-state index is 0.419. The van der Waals surface area contributed by atoms with Gasteiger partial charge in [0.2, 0.25) is 0 Å². The smallest absolute Gasteiger partial charge is 0.191 e. The first kappa shape index (κ1) is 21.3. The maximum absolute atomic E-state index is 4.38. The van der Waals surface area contributed by atoms with Gasteiger partial charge in [-0.2, -0.15) is 0 Å². The molecule has 150 valence electrons. The normalized spacial score (nSPS) is 13.3. The van der Waals surface area contributed by atoms with E-state index in [2.05, 4.69) is 77.6 Å². The van der Waals surface area contributed by atoms with Gasteiger partial charge >= 0.3 is 0 Å². The predicted molar refractivity (Wildman–Crippen MR) is 118 cm³/mol. The summed E-state index contributed by atoms with van der Waals surface area (Å²) < 4.78 is 0. The second-order valence-electron chi connectivity index (χ2n) is 7.27. The van der Waals surface area contributed by atoms with E-state index in [1.807, 2.05) is 7.05 Å². The molecule has 0 aliphatic carbocycles. The maximum atomic E-state index is 4.38. The zero-order valence-corrected chi connectivity index (χ0v) is 17.7. The van der Waals surface area contributed by atoms with Crippen molar-refractivity contribution < 1.29 is 0 Å². The number of rotatable bonds is 10. The van der Waals surface area contributed by atoms with Crippen LogP contribution in [0.25, 0.3) is 10.9 Å². The van der Waals surface area contributed by atoms with Crippen LogP contribution >= 0.6 is 0 Å². The number of H-pyrrole nitrogens is 1. The molecular formula is C22H37N5. The highest BCUT2D eigenvalue weighted by Gasteiger charge is 2.08. The minimum atomic E-state index is 0.419. The van der Waals surface area contributed by atoms with Crippen LogP contribution in [0, 0.1) is 6.92 Å². The molecule has 0 saturated heterocycles. The summed E-state index contributed by atoms with van der Waals surface area (Å²) in [6.07, 6.45) is 5.46. The highest BCUT2D eigenvalue weighted by molar-refractivity contribution is 5.86. The number of nitrogens with zero attached hydrogens (tertiary/aromatic N) is 2. The number of nitrogens with one attached hydrogen (secondary N) is 3. The topological polar surface area (TPSA) is 55.4 Å². The zero-order valence-electron chi connectivity index (χ0n) is 17.7. The van der Waals surface area contributed by atoms with Gasteiger partial charge in [0.1, 0.15) is 0 Å². The van der Waals surface area contributed by atoms with Crippen LogP contribution in [0.3, 0.4) is 0 Å². The fourth-order valence-corrected chi connectivity index (χ4v) is 3.55. The third-order valence-electron chi connectivity index (χ3n) is 5.31. The van der Waals surface area contributed by atoms with Crippen molar-refractivity contribution in [3.8, 4) is 0 Å². The van der Waals surface area contributed by atoms with E-state index in [1.165, 1.54) is 35.0 Å². The summed E-state index contributed by atoms with van der Waals surface area (Å²) in [5.41, 5.74) is 3.89. The molecule has 1 heterocycles. The van der Waals surface area contributed by atoms with Crippen molar-refractivity contribution in [2.45, 2.75) is 53.0 Å². The largest absolute Gasteiger partial charge is 0.361 e. The van der Waals surface area contributed by atoms with Gasteiger partial charge in [0.25, 0.3) is 0 Å². The van der Waals surface area contributed by atoms with Crippen LogP contribution in [0.15, 0.2) is 29.4 Å². The van der Waals surface area contributed by atoms with Gasteiger partial charge in [-0.3, -0.25) is 4.99 Å². The number of hydrogen-bond acceptors (Lipinski definition) is 2. The van der Waals surface area contributed by atoms with Crippen molar-refractivity contribution >= 4 is 16.9 Å². The lowest BCUT2D eigenvalue weighted by Crippen LogP contribution is -2.43. The molecule has 1 unspecified atom stereocenters. The van der Waals surface area contributed by atoms with E-state index in [-0.39, 0.29) is 0 Å². The summed E-state index contributed by atoms with van der Waals surface area (Å²) in [6, 6.07) is 6.89. The van der Waals surface area contributed by atoms with Gasteiger partial charge in [-0.25, -0.2) is 0 Å². The molecule has 1 aromatic carbocycles. The van der Waals surface area contributed by atoms with Crippen molar-refractivity contribution in [1.82, 2.24) is 20.5 Å². The van der Waals surface area contributed by atoms with Gasteiger partial charge in [-0.15, -0.1) is 0 Å². The summed E-state index contributed by atoms with van der Waals surface area (Å²) in [5.74, 6) is 0.890. The number of guanidine groups is 1. The molecule has 0 aliphatic heterocycles. The summed E-state index contributed by atoms with van der Waals surface area (Å²) in [6.45, 7) is 13.1. The Hall–Kier alpha value is -2.01. The number of aromatic nitrogens is 1. The Kier molecular flexibility index (Phi) is 8.65. The van der Waals surface area contributed by atoms with Crippen molar-refractivity contribution in [2.75, 3.05) is 33.2 Å². The second-order valence-corrected chi connectivity index (χ2v) is 7.27. The molecule has 1 atom stereocenters. The summed E-state index contributed by atoms with van der Waals surface area (Å²) >= 11 is 0. The molecule has 5 nitrogen and oxygen atoms in total. The lowest BCUT2D eigenvalue weighted by molar-refractivity contribution is 0.292. The molecule has 3 N–H and O–H groups in total. The first-order chi connectivity index (χ1) is 13.1. The summed E-state index contributed by atoms with van der Waals surface area (Å²) in [5, 5.41) is 8.29. The van der Waals surface area contributed by atoms with Crippen molar-refractivity contribution in [3.05, 3.63) is 35.5 Å². The number of benzene rings is 1. The van der Waals surface area contributed by atoms with Crippen LogP contribution < -0.4 is 10.6 Å². The molecule has 0 bridgehead atoms. The highest BCUT2D eigenvalue weighted by atomic mass is 15.2. The van der Waals surface area contributed by atoms with E-state index in [9.17, 15) is 0 Å². The van der Waals surface area contributed by atoms with Gasteiger partial charge in [-0.05, 0) is 63.9 Å². The van der Waals surface area contributed by atoms with E-state index in [0.717, 1.165) is 38.4 Å². The molecule has 0 spiro atoms. The van der Waals surface area contributed by atoms with Crippen molar-refractivity contribution in [2.24, 2.45) is 4.99 Å². The Morgan fingerprint density at radius 1 is 1.26 bits per heavy atom. The molecule has 0 amide bonds. The first-order valence-electron chi connectivity index (χ1n) is 10.3. The van der Waals surface area contributed by atoms with Gasteiger partial charge in [0.05, 0.1) is 0 Å². The minimum Gasteiger partial charge on any atom is -0.361 e. The summed E-state index contributed by atoms with van der Waals surface area (Å²) in [4.78, 5) is 10.3. The average Bonchev–Trinajstić information content (AvgIpc) is 3.09. The highest BCUT2D eigenvalue weighted by Crippen LogP contribution is 2.21. The fraction of sp³-hybridized carbons (Fsp3) is 0.591. The third kappa shape index (κ3) is 6.28. The van der Waals surface area contributed by atoms with E-state index in [0.29, 0.717) is 6.04 Å². The van der Waals surface area contributed by atoms with Crippen LogP contribution in [-0.4, -0.2) is 55.1 Å². The Morgan fingerprint density at radius 2 is 2.04 bits per heavy atom. The number of fused-ring (bicyclic) bond motifs is 1. The van der Waals surface area contributed by atoms with E-state index < -0.39 is 0 Å². The Morgan fingerprint density at radius 3 is 2.74 bits per heavy atom. The van der Waals surface area contributed by atoms with Crippen molar-refractivity contribution in [3.63, 3.8) is 0 Å². The molecule has 0 aliphatic rings. The van der Waals surface area contributed by atoms with Crippen LogP contribution in [-0.2, 0) is 6.42 Å². The predicted octanol–water partition coefficient (Wildman–Crippen LogP) is 3.69. The molecule has 1 aromatic heterocycles. The quantitative estimate of drug-likeness (QED) is 0.441. The molecule has 0 fully saturated rings. The lowest BCUT2D eigenvalue weighted by Gasteiger charge is -2.21. The average molecular weight is 372 g/mol. The number of aliphatic imine (C=N–C) groups is 1. The Bertz CT molecular complexity index is 715. The molecule has 2 rings (SSSR count). The molecular weight excluding hydrogens is 334 g/mol. The number of hydrogen-bond donors (Lipinski definition) is 3. The van der Waals surface area contributed by atoms with E-state index in [4.69, 9.17) is 0 Å². The Balaban J connectivity index is 1.75. The molecule has 2 aromatic rings. The van der Waals surface area contributed by atoms with Gasteiger partial charge in [0.15, 0.2) is 5.96 Å². The van der Waals surface area contributed by atoms with E-state index in [1.54, 1.807) is 0 Å². The van der Waals surface area contributed by atoms with Crippen LogP contribution in [0.5, 0.6) is 0 Å². The first-order valence-corrected chi connectivity index (χ1v) is 10.3. The monoisotopic (exact) mass is 371 g/mol. The Labute approximate surface area is 164 Å². The second kappa shape index (κ2) is 11.0. The molecule has 5 heteroatoms. The number of aryl methyl sites for hydroxylation is 1. The van der Waals surface area contributed by atoms with Crippen LogP contribution in [0.1, 0.15) is 44.7 Å².